The van der Waals surface area contributed by atoms with Crippen molar-refractivity contribution in [3.05, 3.63) is 188 Å². The van der Waals surface area contributed by atoms with Crippen molar-refractivity contribution in [3.63, 3.8) is 0 Å². The second-order valence-corrected chi connectivity index (χ2v) is 15.4. The van der Waals surface area contributed by atoms with Crippen molar-refractivity contribution >= 4 is 33.2 Å². The molecule has 2 aliphatic heterocycles. The third-order valence-corrected chi connectivity index (χ3v) is 11.9. The molecular formula is C50H39N4OPt-3. The van der Waals surface area contributed by atoms with Crippen molar-refractivity contribution in [3.8, 4) is 39.6 Å². The molecule has 2 aliphatic rings. The van der Waals surface area contributed by atoms with Crippen LogP contribution in [0.2, 0.25) is 0 Å². The monoisotopic (exact) mass is 906 g/mol. The first-order valence-corrected chi connectivity index (χ1v) is 18.8. The molecule has 5 nitrogen and oxygen atoms in total. The van der Waals surface area contributed by atoms with Crippen molar-refractivity contribution in [1.82, 2.24) is 9.55 Å². The van der Waals surface area contributed by atoms with Crippen LogP contribution in [0.3, 0.4) is 0 Å². The molecule has 0 amide bonds. The van der Waals surface area contributed by atoms with Crippen LogP contribution in [0.4, 0.5) is 11.4 Å². The van der Waals surface area contributed by atoms with Gasteiger partial charge in [-0.2, -0.15) is 12.1 Å². The molecule has 8 aromatic rings. The minimum absolute atomic E-state index is 0. The van der Waals surface area contributed by atoms with Crippen LogP contribution in [0.5, 0.6) is 11.5 Å². The summed E-state index contributed by atoms with van der Waals surface area (Å²) in [4.78, 5) is 9.32. The molecule has 6 aromatic carbocycles. The number of allylic oxidation sites excluding steroid dienone is 1. The molecule has 0 atom stereocenters. The Morgan fingerprint density at radius 2 is 1.25 bits per heavy atom. The Kier molecular flexibility index (Phi) is 8.74. The Balaban J connectivity index is 0.00000410. The van der Waals surface area contributed by atoms with Gasteiger partial charge in [0, 0.05) is 72.2 Å². The van der Waals surface area contributed by atoms with Gasteiger partial charge in [-0.05, 0) is 46.3 Å². The van der Waals surface area contributed by atoms with Gasteiger partial charge in [0.15, 0.2) is 0 Å². The van der Waals surface area contributed by atoms with Gasteiger partial charge in [0.25, 0.3) is 0 Å². The number of benzene rings is 6. The van der Waals surface area contributed by atoms with E-state index >= 15 is 0 Å². The van der Waals surface area contributed by atoms with Crippen molar-refractivity contribution < 1.29 is 25.8 Å². The third-order valence-electron chi connectivity index (χ3n) is 11.9. The topological polar surface area (TPSA) is 33.5 Å². The summed E-state index contributed by atoms with van der Waals surface area (Å²) in [5, 5.41) is 2.24. The fourth-order valence-electron chi connectivity index (χ4n) is 8.35. The molecule has 0 spiro atoms. The van der Waals surface area contributed by atoms with Gasteiger partial charge in [0.2, 0.25) is 0 Å². The van der Waals surface area contributed by atoms with Gasteiger partial charge in [0.05, 0.1) is 0 Å². The van der Waals surface area contributed by atoms with E-state index in [9.17, 15) is 0 Å². The predicted molar refractivity (Wildman–Crippen MR) is 224 cm³/mol. The van der Waals surface area contributed by atoms with E-state index in [-0.39, 0.29) is 31.9 Å². The molecule has 0 N–H and O–H groups in total. The van der Waals surface area contributed by atoms with Gasteiger partial charge in [-0.3, -0.25) is 0 Å². The smallest absolute Gasteiger partial charge is 0.135 e. The number of anilines is 2. The summed E-state index contributed by atoms with van der Waals surface area (Å²) >= 11 is 0. The molecule has 0 saturated carbocycles. The molecule has 278 valence electrons. The zero-order valence-corrected chi connectivity index (χ0v) is 33.9. The molecule has 0 bridgehead atoms. The van der Waals surface area contributed by atoms with E-state index in [1.807, 2.05) is 36.5 Å². The second-order valence-electron chi connectivity index (χ2n) is 15.4. The van der Waals surface area contributed by atoms with E-state index in [1.165, 1.54) is 33.5 Å². The van der Waals surface area contributed by atoms with Crippen LogP contribution < -0.4 is 14.5 Å². The largest absolute Gasteiger partial charge is 0.509 e. The number of rotatable bonds is 6. The van der Waals surface area contributed by atoms with Crippen LogP contribution in [0.25, 0.3) is 49.9 Å². The molecule has 0 saturated heterocycles. The molecule has 0 fully saturated rings. The molecule has 10 rings (SSSR count). The molecule has 0 unspecified atom stereocenters. The summed E-state index contributed by atoms with van der Waals surface area (Å²) in [6.45, 7) is 11.6. The third kappa shape index (κ3) is 5.59. The number of hydrogen-bond donors (Lipinski definition) is 0. The molecule has 2 aromatic heterocycles. The number of para-hydroxylation sites is 2. The zero-order chi connectivity index (χ0) is 37.3. The Morgan fingerprint density at radius 1 is 0.607 bits per heavy atom. The van der Waals surface area contributed by atoms with Crippen LogP contribution in [0.1, 0.15) is 33.3 Å². The maximum Gasteiger partial charge on any atom is 0.135 e. The van der Waals surface area contributed by atoms with Gasteiger partial charge >= 0.3 is 0 Å². The minimum Gasteiger partial charge on any atom is -0.509 e. The van der Waals surface area contributed by atoms with Crippen molar-refractivity contribution in [1.29, 1.82) is 0 Å². The first kappa shape index (κ1) is 35.8. The van der Waals surface area contributed by atoms with Gasteiger partial charge in [-0.1, -0.05) is 142 Å². The first-order valence-electron chi connectivity index (χ1n) is 18.8. The molecular weight excluding hydrogens is 868 g/mol. The maximum absolute atomic E-state index is 6.65. The standard InChI is InChI=1S/C50H39N4O.Pt/c1-49(2)42-28-26-37(55-36-25-27-41-40-20-11-12-23-43(40)54(44(41)30-36)47-24-13-14-29-51-47)31-45(42)53-33-52(32-46(53)50(49,3)4)48-38(34-16-7-5-8-17-34)21-15-22-39(48)35-18-9-6-10-19-35;/h5-29,32-33H,1-4H3;/q-3;. The molecule has 56 heavy (non-hydrogen) atoms. The van der Waals surface area contributed by atoms with E-state index in [0.717, 1.165) is 39.0 Å². The zero-order valence-electron chi connectivity index (χ0n) is 31.6. The normalized spacial score (nSPS) is 15.2. The summed E-state index contributed by atoms with van der Waals surface area (Å²) in [5.41, 5.74) is 10.8. The minimum atomic E-state index is -0.215. The van der Waals surface area contributed by atoms with Crippen molar-refractivity contribution in [2.24, 2.45) is 5.41 Å². The summed E-state index contributed by atoms with van der Waals surface area (Å²) in [7, 11) is 0. The van der Waals surface area contributed by atoms with Crippen molar-refractivity contribution in [2.45, 2.75) is 33.1 Å². The van der Waals surface area contributed by atoms with Gasteiger partial charge in [-0.15, -0.1) is 41.9 Å². The fraction of sp³-hybridized carbons (Fsp3) is 0.120. The van der Waals surface area contributed by atoms with Crippen molar-refractivity contribution in [2.75, 3.05) is 9.80 Å². The number of hydrogen-bond acceptors (Lipinski definition) is 4. The average Bonchev–Trinajstić information content (AvgIpc) is 3.82. The van der Waals surface area contributed by atoms with Crippen LogP contribution in [0.15, 0.2) is 164 Å². The fourth-order valence-corrected chi connectivity index (χ4v) is 8.35. The number of pyridine rings is 1. The number of nitrogens with zero attached hydrogens (tertiary/aromatic N) is 4. The molecule has 0 radical (unpaired) electrons. The number of ether oxygens (including phenoxy) is 1. The Hall–Kier alpha value is -5.90. The van der Waals surface area contributed by atoms with E-state index in [0.29, 0.717) is 11.5 Å². The Bertz CT molecular complexity index is 2710. The quantitative estimate of drug-likeness (QED) is 0.156. The van der Waals surface area contributed by atoms with E-state index < -0.39 is 0 Å². The first-order chi connectivity index (χ1) is 26.8. The van der Waals surface area contributed by atoms with E-state index in [4.69, 9.17) is 9.72 Å². The second kappa shape index (κ2) is 13.7. The van der Waals surface area contributed by atoms with E-state index in [1.54, 1.807) is 0 Å². The van der Waals surface area contributed by atoms with Crippen LogP contribution >= 0.6 is 0 Å². The van der Waals surface area contributed by atoms with Gasteiger partial charge < -0.3 is 19.1 Å². The summed E-state index contributed by atoms with van der Waals surface area (Å²) in [6, 6.07) is 58.0. The molecule has 0 aliphatic carbocycles. The van der Waals surface area contributed by atoms with Gasteiger partial charge in [0.1, 0.15) is 5.82 Å². The van der Waals surface area contributed by atoms with Crippen LogP contribution in [-0.2, 0) is 26.5 Å². The number of fused-ring (bicyclic) bond motifs is 6. The Morgan fingerprint density at radius 3 is 1.95 bits per heavy atom. The summed E-state index contributed by atoms with van der Waals surface area (Å²) in [6.07, 6.45) is 4.14. The Labute approximate surface area is 342 Å². The molecule has 6 heteroatoms. The van der Waals surface area contributed by atoms with Crippen LogP contribution in [-0.4, -0.2) is 9.55 Å². The average molecular weight is 907 g/mol. The maximum atomic E-state index is 6.65. The summed E-state index contributed by atoms with van der Waals surface area (Å²) in [5.74, 6) is 2.09. The number of aromatic nitrogens is 2. The van der Waals surface area contributed by atoms with E-state index in [2.05, 4.69) is 182 Å². The molecule has 4 heterocycles. The van der Waals surface area contributed by atoms with Crippen LogP contribution in [0, 0.1) is 24.2 Å². The summed E-state index contributed by atoms with van der Waals surface area (Å²) < 4.78 is 8.81. The predicted octanol–water partition coefficient (Wildman–Crippen LogP) is 12.5. The SMILES string of the molecule is CC1(C)C2=CN(c3c(-c4ccccc4)cccc3-c3ccccc3)[CH-]N2c2[c-]c(Oc3[c-]c4c(cc3)c3ccccc3n4-c3ccccn3)ccc2C1(C)C.[Pt]. The van der Waals surface area contributed by atoms with Gasteiger partial charge in [-0.25, -0.2) is 4.98 Å².